The number of aryl methyl sites for hydroxylation is 1. The van der Waals surface area contributed by atoms with E-state index in [-0.39, 0.29) is 5.56 Å². The van der Waals surface area contributed by atoms with E-state index in [1.165, 1.54) is 0 Å². The topological polar surface area (TPSA) is 75.0 Å². The summed E-state index contributed by atoms with van der Waals surface area (Å²) in [5.41, 5.74) is 1.09. The molecule has 0 atom stereocenters. The summed E-state index contributed by atoms with van der Waals surface area (Å²) in [6.07, 6.45) is 1.30. The van der Waals surface area contributed by atoms with E-state index >= 15 is 0 Å². The van der Waals surface area contributed by atoms with Crippen molar-refractivity contribution in [2.24, 2.45) is 0 Å². The van der Waals surface area contributed by atoms with Gasteiger partial charge in [-0.05, 0) is 31.0 Å². The van der Waals surface area contributed by atoms with Gasteiger partial charge in [0.05, 0.1) is 11.6 Å². The van der Waals surface area contributed by atoms with E-state index in [0.717, 1.165) is 12.0 Å². The highest BCUT2D eigenvalue weighted by molar-refractivity contribution is 6.32. The third kappa shape index (κ3) is 3.76. The van der Waals surface area contributed by atoms with E-state index in [9.17, 15) is 9.59 Å². The molecule has 2 N–H and O–H groups in total. The van der Waals surface area contributed by atoms with Gasteiger partial charge in [-0.15, -0.1) is 0 Å². The molecule has 0 aliphatic rings. The molecule has 0 saturated carbocycles. The summed E-state index contributed by atoms with van der Waals surface area (Å²) in [6, 6.07) is 5.43. The van der Waals surface area contributed by atoms with Crippen molar-refractivity contribution in [3.63, 3.8) is 0 Å². The summed E-state index contributed by atoms with van der Waals surface area (Å²) in [6.45, 7) is 4.33. The number of rotatable bonds is 5. The first-order valence-electron chi connectivity index (χ1n) is 6.74. The minimum absolute atomic E-state index is 0.376. The van der Waals surface area contributed by atoms with E-state index in [0.29, 0.717) is 35.1 Å². The second-order valence-electron chi connectivity index (χ2n) is 4.80. The van der Waals surface area contributed by atoms with E-state index in [1.54, 1.807) is 19.1 Å². The lowest BCUT2D eigenvalue weighted by molar-refractivity contribution is 0.317. The molecular formula is C15H17ClN2O3. The Bertz CT molecular complexity index is 749. The molecular weight excluding hydrogens is 292 g/mol. The van der Waals surface area contributed by atoms with Gasteiger partial charge in [0.15, 0.2) is 0 Å². The van der Waals surface area contributed by atoms with Crippen LogP contribution in [-0.4, -0.2) is 16.6 Å². The smallest absolute Gasteiger partial charge is 0.325 e. The lowest BCUT2D eigenvalue weighted by Crippen LogP contribution is -2.27. The second-order valence-corrected chi connectivity index (χ2v) is 5.21. The summed E-state index contributed by atoms with van der Waals surface area (Å²) in [4.78, 5) is 27.8. The van der Waals surface area contributed by atoms with Crippen molar-refractivity contribution < 1.29 is 4.74 Å². The summed E-state index contributed by atoms with van der Waals surface area (Å²) < 4.78 is 5.51. The molecule has 1 heterocycles. The van der Waals surface area contributed by atoms with Crippen molar-refractivity contribution in [3.8, 4) is 5.75 Å². The number of ether oxygens (including phenoxy) is 1. The Kier molecular flexibility index (Phi) is 4.85. The normalized spacial score (nSPS) is 10.6. The SMILES string of the molecule is CCCOc1ccc(Cc2c(C)[nH]c(=O)[nH]c2=O)cc1Cl. The minimum atomic E-state index is -0.498. The van der Waals surface area contributed by atoms with E-state index in [2.05, 4.69) is 9.97 Å². The number of halogens is 1. The molecule has 5 nitrogen and oxygen atoms in total. The average molecular weight is 309 g/mol. The van der Waals surface area contributed by atoms with Crippen molar-refractivity contribution in [2.45, 2.75) is 26.7 Å². The molecule has 2 aromatic rings. The zero-order chi connectivity index (χ0) is 15.4. The number of hydrogen-bond acceptors (Lipinski definition) is 3. The monoisotopic (exact) mass is 308 g/mol. The van der Waals surface area contributed by atoms with Crippen LogP contribution in [0.25, 0.3) is 0 Å². The fraction of sp³-hybridized carbons (Fsp3) is 0.333. The number of aromatic nitrogens is 2. The standard InChI is InChI=1S/C15H17ClN2O3/c1-3-6-21-13-5-4-10(8-12(13)16)7-11-9(2)17-15(20)18-14(11)19/h4-5,8H,3,6-7H2,1-2H3,(H2,17,18,19,20). The number of aromatic amines is 2. The lowest BCUT2D eigenvalue weighted by atomic mass is 10.1. The predicted octanol–water partition coefficient (Wildman–Crippen LogP) is 2.40. The number of H-pyrrole nitrogens is 2. The Balaban J connectivity index is 2.27. The summed E-state index contributed by atoms with van der Waals surface area (Å²) in [5, 5.41) is 0.513. The summed E-state index contributed by atoms with van der Waals surface area (Å²) in [7, 11) is 0. The molecule has 0 saturated heterocycles. The van der Waals surface area contributed by atoms with Crippen LogP contribution in [0.2, 0.25) is 5.02 Å². The van der Waals surface area contributed by atoms with Crippen LogP contribution in [0.3, 0.4) is 0 Å². The highest BCUT2D eigenvalue weighted by Crippen LogP contribution is 2.26. The average Bonchev–Trinajstić information content (AvgIpc) is 2.42. The van der Waals surface area contributed by atoms with Crippen LogP contribution in [-0.2, 0) is 6.42 Å². The lowest BCUT2D eigenvalue weighted by Gasteiger charge is -2.09. The van der Waals surface area contributed by atoms with Gasteiger partial charge in [-0.2, -0.15) is 0 Å². The van der Waals surface area contributed by atoms with Gasteiger partial charge < -0.3 is 9.72 Å². The van der Waals surface area contributed by atoms with Crippen LogP contribution in [0, 0.1) is 6.92 Å². The first-order valence-corrected chi connectivity index (χ1v) is 7.12. The quantitative estimate of drug-likeness (QED) is 0.890. The van der Waals surface area contributed by atoms with Crippen molar-refractivity contribution in [1.29, 1.82) is 0 Å². The zero-order valence-corrected chi connectivity index (χ0v) is 12.7. The third-order valence-electron chi connectivity index (χ3n) is 3.09. The molecule has 0 radical (unpaired) electrons. The van der Waals surface area contributed by atoms with Gasteiger partial charge >= 0.3 is 5.69 Å². The Morgan fingerprint density at radius 2 is 2.00 bits per heavy atom. The van der Waals surface area contributed by atoms with E-state index in [1.807, 2.05) is 13.0 Å². The molecule has 1 aromatic heterocycles. The molecule has 21 heavy (non-hydrogen) atoms. The largest absolute Gasteiger partial charge is 0.492 e. The molecule has 2 rings (SSSR count). The van der Waals surface area contributed by atoms with Gasteiger partial charge in [0.2, 0.25) is 0 Å². The Labute approximate surface area is 126 Å². The second kappa shape index (κ2) is 6.63. The molecule has 6 heteroatoms. The van der Waals surface area contributed by atoms with Gasteiger partial charge in [0, 0.05) is 17.7 Å². The molecule has 0 bridgehead atoms. The van der Waals surface area contributed by atoms with E-state index in [4.69, 9.17) is 16.3 Å². The van der Waals surface area contributed by atoms with Gasteiger partial charge in [-0.25, -0.2) is 4.79 Å². The zero-order valence-electron chi connectivity index (χ0n) is 12.0. The van der Waals surface area contributed by atoms with Gasteiger partial charge in [-0.1, -0.05) is 24.6 Å². The maximum atomic E-state index is 11.8. The van der Waals surface area contributed by atoms with Crippen LogP contribution >= 0.6 is 11.6 Å². The van der Waals surface area contributed by atoms with Crippen LogP contribution < -0.4 is 16.0 Å². The molecule has 0 amide bonds. The summed E-state index contributed by atoms with van der Waals surface area (Å²) in [5.74, 6) is 0.634. The Morgan fingerprint density at radius 3 is 2.62 bits per heavy atom. The van der Waals surface area contributed by atoms with Crippen LogP contribution in [0.15, 0.2) is 27.8 Å². The van der Waals surface area contributed by atoms with Crippen molar-refractivity contribution >= 4 is 11.6 Å². The van der Waals surface area contributed by atoms with Crippen molar-refractivity contribution in [1.82, 2.24) is 9.97 Å². The maximum Gasteiger partial charge on any atom is 0.325 e. The van der Waals surface area contributed by atoms with Crippen LogP contribution in [0.1, 0.15) is 30.2 Å². The molecule has 0 aliphatic heterocycles. The van der Waals surface area contributed by atoms with Gasteiger partial charge in [0.1, 0.15) is 5.75 Å². The fourth-order valence-corrected chi connectivity index (χ4v) is 2.28. The number of hydrogen-bond donors (Lipinski definition) is 2. The minimum Gasteiger partial charge on any atom is -0.492 e. The Morgan fingerprint density at radius 1 is 1.24 bits per heavy atom. The molecule has 0 aliphatic carbocycles. The Hall–Kier alpha value is -2.01. The van der Waals surface area contributed by atoms with Crippen LogP contribution in [0.4, 0.5) is 0 Å². The highest BCUT2D eigenvalue weighted by Gasteiger charge is 2.09. The number of nitrogens with one attached hydrogen (secondary N) is 2. The highest BCUT2D eigenvalue weighted by atomic mass is 35.5. The van der Waals surface area contributed by atoms with E-state index < -0.39 is 5.69 Å². The van der Waals surface area contributed by atoms with Crippen LogP contribution in [0.5, 0.6) is 5.75 Å². The maximum absolute atomic E-state index is 11.8. The van der Waals surface area contributed by atoms with Crippen molar-refractivity contribution in [2.75, 3.05) is 6.61 Å². The first-order chi connectivity index (χ1) is 10.0. The fourth-order valence-electron chi connectivity index (χ4n) is 2.03. The number of benzene rings is 1. The molecule has 0 spiro atoms. The van der Waals surface area contributed by atoms with Gasteiger partial charge in [-0.3, -0.25) is 9.78 Å². The first kappa shape index (κ1) is 15.4. The predicted molar refractivity (Wildman–Crippen MR) is 82.5 cm³/mol. The summed E-state index contributed by atoms with van der Waals surface area (Å²) >= 11 is 6.17. The molecule has 0 fully saturated rings. The molecule has 112 valence electrons. The molecule has 0 unspecified atom stereocenters. The van der Waals surface area contributed by atoms with Crippen molar-refractivity contribution in [3.05, 3.63) is 60.9 Å². The van der Waals surface area contributed by atoms with Gasteiger partial charge in [0.25, 0.3) is 5.56 Å². The molecule has 1 aromatic carbocycles. The third-order valence-corrected chi connectivity index (χ3v) is 3.39.